The van der Waals surface area contributed by atoms with E-state index in [0.29, 0.717) is 24.6 Å². The van der Waals surface area contributed by atoms with Gasteiger partial charge >= 0.3 is 6.03 Å². The summed E-state index contributed by atoms with van der Waals surface area (Å²) in [5.74, 6) is 0.187. The molecule has 116 valence electrons. The van der Waals surface area contributed by atoms with E-state index < -0.39 is 0 Å². The number of urea groups is 1. The van der Waals surface area contributed by atoms with Crippen LogP contribution in [0.2, 0.25) is 0 Å². The SMILES string of the molecule is CCOc1cc(CNC(=O)NCc2ccccc2F)ccn1. The standard InChI is InChI=1S/C16H18FN3O2/c1-2-22-15-9-12(7-8-18-15)10-19-16(21)20-11-13-5-3-4-6-14(13)17/h3-9H,2,10-11H2,1H3,(H2,19,20,21). The summed E-state index contributed by atoms with van der Waals surface area (Å²) in [7, 11) is 0. The fourth-order valence-corrected chi connectivity index (χ4v) is 1.85. The zero-order chi connectivity index (χ0) is 15.8. The Morgan fingerprint density at radius 3 is 2.77 bits per heavy atom. The van der Waals surface area contributed by atoms with Gasteiger partial charge in [0, 0.05) is 30.9 Å². The molecule has 0 unspecified atom stereocenters. The van der Waals surface area contributed by atoms with Crippen LogP contribution in [0.4, 0.5) is 9.18 Å². The summed E-state index contributed by atoms with van der Waals surface area (Å²) in [5.41, 5.74) is 1.32. The number of hydrogen-bond acceptors (Lipinski definition) is 3. The van der Waals surface area contributed by atoms with Crippen molar-refractivity contribution in [1.29, 1.82) is 0 Å². The molecule has 22 heavy (non-hydrogen) atoms. The minimum atomic E-state index is -0.363. The van der Waals surface area contributed by atoms with Gasteiger partial charge in [0.2, 0.25) is 5.88 Å². The predicted octanol–water partition coefficient (Wildman–Crippen LogP) is 2.62. The molecule has 2 N–H and O–H groups in total. The Balaban J connectivity index is 1.80. The summed E-state index contributed by atoms with van der Waals surface area (Å²) in [6.07, 6.45) is 1.62. The molecule has 6 heteroatoms. The first-order chi connectivity index (χ1) is 10.7. The molecule has 2 rings (SSSR count). The number of carbonyl (C=O) groups is 1. The van der Waals surface area contributed by atoms with Gasteiger partial charge < -0.3 is 15.4 Å². The van der Waals surface area contributed by atoms with Crippen molar-refractivity contribution in [3.63, 3.8) is 0 Å². The highest BCUT2D eigenvalue weighted by atomic mass is 19.1. The minimum absolute atomic E-state index is 0.138. The fourth-order valence-electron chi connectivity index (χ4n) is 1.85. The first-order valence-corrected chi connectivity index (χ1v) is 7.02. The van der Waals surface area contributed by atoms with Crippen LogP contribution in [-0.2, 0) is 13.1 Å². The van der Waals surface area contributed by atoms with Crippen LogP contribution in [0.25, 0.3) is 0 Å². The van der Waals surface area contributed by atoms with Crippen molar-refractivity contribution in [3.05, 3.63) is 59.5 Å². The monoisotopic (exact) mass is 303 g/mol. The number of benzene rings is 1. The number of hydrogen-bond donors (Lipinski definition) is 2. The number of nitrogens with zero attached hydrogens (tertiary/aromatic N) is 1. The van der Waals surface area contributed by atoms with Crippen molar-refractivity contribution < 1.29 is 13.9 Å². The van der Waals surface area contributed by atoms with Crippen LogP contribution in [-0.4, -0.2) is 17.6 Å². The van der Waals surface area contributed by atoms with Crippen LogP contribution in [0.5, 0.6) is 5.88 Å². The molecule has 2 amide bonds. The predicted molar refractivity (Wildman–Crippen MR) is 80.9 cm³/mol. The molecule has 0 spiro atoms. The Labute approximate surface area is 128 Å². The fraction of sp³-hybridized carbons (Fsp3) is 0.250. The average Bonchev–Trinajstić information content (AvgIpc) is 2.53. The molecule has 0 fully saturated rings. The van der Waals surface area contributed by atoms with Gasteiger partial charge in [-0.3, -0.25) is 0 Å². The van der Waals surface area contributed by atoms with E-state index in [1.54, 1.807) is 36.5 Å². The van der Waals surface area contributed by atoms with Crippen molar-refractivity contribution in [2.45, 2.75) is 20.0 Å². The highest BCUT2D eigenvalue weighted by Crippen LogP contribution is 2.09. The quantitative estimate of drug-likeness (QED) is 0.862. The number of aromatic nitrogens is 1. The maximum atomic E-state index is 13.4. The zero-order valence-electron chi connectivity index (χ0n) is 12.3. The van der Waals surface area contributed by atoms with E-state index in [4.69, 9.17) is 4.74 Å². The van der Waals surface area contributed by atoms with E-state index in [1.165, 1.54) is 6.07 Å². The third-order valence-electron chi connectivity index (χ3n) is 2.94. The van der Waals surface area contributed by atoms with Gasteiger partial charge in [-0.15, -0.1) is 0 Å². The maximum absolute atomic E-state index is 13.4. The van der Waals surface area contributed by atoms with E-state index in [0.717, 1.165) is 5.56 Å². The van der Waals surface area contributed by atoms with Crippen LogP contribution in [0.15, 0.2) is 42.6 Å². The molecule has 0 bridgehead atoms. The number of halogens is 1. The summed E-state index contributed by atoms with van der Waals surface area (Å²) in [4.78, 5) is 15.8. The van der Waals surface area contributed by atoms with Crippen molar-refractivity contribution >= 4 is 6.03 Å². The van der Waals surface area contributed by atoms with Crippen molar-refractivity contribution in [3.8, 4) is 5.88 Å². The minimum Gasteiger partial charge on any atom is -0.478 e. The molecular weight excluding hydrogens is 285 g/mol. The molecule has 2 aromatic rings. The smallest absolute Gasteiger partial charge is 0.315 e. The summed E-state index contributed by atoms with van der Waals surface area (Å²) >= 11 is 0. The third kappa shape index (κ3) is 4.73. The average molecular weight is 303 g/mol. The molecule has 0 aliphatic carbocycles. The van der Waals surface area contributed by atoms with E-state index in [-0.39, 0.29) is 18.4 Å². The molecule has 0 atom stereocenters. The second-order valence-electron chi connectivity index (χ2n) is 4.56. The van der Waals surface area contributed by atoms with E-state index in [9.17, 15) is 9.18 Å². The molecule has 0 saturated carbocycles. The first-order valence-electron chi connectivity index (χ1n) is 7.02. The van der Waals surface area contributed by atoms with Crippen LogP contribution in [0.1, 0.15) is 18.1 Å². The topological polar surface area (TPSA) is 63.2 Å². The van der Waals surface area contributed by atoms with Gasteiger partial charge in [-0.2, -0.15) is 0 Å². The highest BCUT2D eigenvalue weighted by Gasteiger charge is 2.04. The van der Waals surface area contributed by atoms with Crippen molar-refractivity contribution in [2.75, 3.05) is 6.61 Å². The van der Waals surface area contributed by atoms with Crippen LogP contribution in [0.3, 0.4) is 0 Å². The lowest BCUT2D eigenvalue weighted by Crippen LogP contribution is -2.34. The number of rotatable bonds is 6. The molecular formula is C16H18FN3O2. The largest absolute Gasteiger partial charge is 0.478 e. The molecule has 0 saturated heterocycles. The first kappa shape index (κ1) is 15.8. The summed E-state index contributed by atoms with van der Waals surface area (Å²) < 4.78 is 18.7. The Morgan fingerprint density at radius 1 is 1.23 bits per heavy atom. The van der Waals surface area contributed by atoms with Gasteiger partial charge in [0.1, 0.15) is 5.82 Å². The van der Waals surface area contributed by atoms with Crippen molar-refractivity contribution in [2.24, 2.45) is 0 Å². The summed E-state index contributed by atoms with van der Waals surface area (Å²) in [6.45, 7) is 2.89. The van der Waals surface area contributed by atoms with Crippen LogP contribution >= 0.6 is 0 Å². The Morgan fingerprint density at radius 2 is 2.00 bits per heavy atom. The summed E-state index contributed by atoms with van der Waals surface area (Å²) in [5, 5.41) is 5.32. The van der Waals surface area contributed by atoms with Gasteiger partial charge in [-0.1, -0.05) is 18.2 Å². The maximum Gasteiger partial charge on any atom is 0.315 e. The summed E-state index contributed by atoms with van der Waals surface area (Å²) in [6, 6.07) is 9.52. The lowest BCUT2D eigenvalue weighted by molar-refractivity contribution is 0.240. The molecule has 0 aliphatic rings. The van der Waals surface area contributed by atoms with Crippen LogP contribution < -0.4 is 15.4 Å². The van der Waals surface area contributed by atoms with Gasteiger partial charge in [0.25, 0.3) is 0 Å². The second-order valence-corrected chi connectivity index (χ2v) is 4.56. The van der Waals surface area contributed by atoms with Crippen LogP contribution in [0, 0.1) is 5.82 Å². The number of ether oxygens (including phenoxy) is 1. The number of pyridine rings is 1. The van der Waals surface area contributed by atoms with E-state index >= 15 is 0 Å². The Kier molecular flexibility index (Phi) is 5.71. The number of amides is 2. The van der Waals surface area contributed by atoms with E-state index in [2.05, 4.69) is 15.6 Å². The van der Waals surface area contributed by atoms with Gasteiger partial charge in [0.15, 0.2) is 0 Å². The zero-order valence-corrected chi connectivity index (χ0v) is 12.3. The third-order valence-corrected chi connectivity index (χ3v) is 2.94. The van der Waals surface area contributed by atoms with E-state index in [1.807, 2.05) is 6.92 Å². The lowest BCUT2D eigenvalue weighted by atomic mass is 10.2. The Bertz CT molecular complexity index is 634. The molecule has 0 aliphatic heterocycles. The molecule has 1 aromatic carbocycles. The normalized spacial score (nSPS) is 10.1. The lowest BCUT2D eigenvalue weighted by Gasteiger charge is -2.09. The van der Waals surface area contributed by atoms with Crippen molar-refractivity contribution in [1.82, 2.24) is 15.6 Å². The van der Waals surface area contributed by atoms with Gasteiger partial charge in [-0.05, 0) is 24.6 Å². The molecule has 5 nitrogen and oxygen atoms in total. The Hall–Kier alpha value is -2.63. The molecule has 0 radical (unpaired) electrons. The number of carbonyl (C=O) groups excluding carboxylic acids is 1. The molecule has 1 heterocycles. The van der Waals surface area contributed by atoms with Gasteiger partial charge in [0.05, 0.1) is 6.61 Å². The van der Waals surface area contributed by atoms with Gasteiger partial charge in [-0.25, -0.2) is 14.2 Å². The molecule has 1 aromatic heterocycles. The highest BCUT2D eigenvalue weighted by molar-refractivity contribution is 5.73. The second kappa shape index (κ2) is 7.97. The number of nitrogens with one attached hydrogen (secondary N) is 2.